The number of aromatic nitrogens is 3. The Morgan fingerprint density at radius 2 is 2.43 bits per heavy atom. The molecule has 0 radical (unpaired) electrons. The van der Waals surface area contributed by atoms with Crippen molar-refractivity contribution in [1.29, 1.82) is 0 Å². The molecule has 1 N–H and O–H groups in total. The van der Waals surface area contributed by atoms with Gasteiger partial charge in [-0.2, -0.15) is 5.10 Å². The van der Waals surface area contributed by atoms with Crippen molar-refractivity contribution >= 4 is 11.3 Å². The van der Waals surface area contributed by atoms with Crippen LogP contribution in [0.5, 0.6) is 0 Å². The highest BCUT2D eigenvalue weighted by Crippen LogP contribution is 2.20. The van der Waals surface area contributed by atoms with Gasteiger partial charge in [-0.25, -0.2) is 4.98 Å². The standard InChI is InChI=1S/C15H22N4OS/c1-2-4-14-16-15(18-17-14)13-11-19(8-9-20-13)7-6-12-5-3-10-21-12/h3,5,10,13H,2,4,6-9,11H2,1H3,(H,16,17,18)/t13-/m1/s1. The summed E-state index contributed by atoms with van der Waals surface area (Å²) >= 11 is 1.83. The first-order valence-electron chi connectivity index (χ1n) is 7.62. The Bertz CT molecular complexity index is 540. The van der Waals surface area contributed by atoms with Gasteiger partial charge in [0, 0.05) is 30.9 Å². The predicted octanol–water partition coefficient (Wildman–Crippen LogP) is 2.43. The lowest BCUT2D eigenvalue weighted by Gasteiger charge is -2.31. The Kier molecular flexibility index (Phi) is 5.00. The molecule has 0 aromatic carbocycles. The highest BCUT2D eigenvalue weighted by atomic mass is 32.1. The van der Waals surface area contributed by atoms with Gasteiger partial charge in [0.1, 0.15) is 11.9 Å². The quantitative estimate of drug-likeness (QED) is 0.890. The highest BCUT2D eigenvalue weighted by Gasteiger charge is 2.25. The minimum Gasteiger partial charge on any atom is -0.367 e. The van der Waals surface area contributed by atoms with Crippen LogP contribution < -0.4 is 0 Å². The zero-order valence-corrected chi connectivity index (χ0v) is 13.2. The van der Waals surface area contributed by atoms with Crippen molar-refractivity contribution in [1.82, 2.24) is 20.1 Å². The van der Waals surface area contributed by atoms with Crippen molar-refractivity contribution in [3.05, 3.63) is 34.0 Å². The van der Waals surface area contributed by atoms with E-state index in [0.29, 0.717) is 0 Å². The summed E-state index contributed by atoms with van der Waals surface area (Å²) in [7, 11) is 0. The third kappa shape index (κ3) is 3.90. The van der Waals surface area contributed by atoms with E-state index in [1.807, 2.05) is 11.3 Å². The summed E-state index contributed by atoms with van der Waals surface area (Å²) in [5.74, 6) is 1.77. The van der Waals surface area contributed by atoms with Gasteiger partial charge >= 0.3 is 0 Å². The second-order valence-corrected chi connectivity index (χ2v) is 6.41. The van der Waals surface area contributed by atoms with Crippen LogP contribution in [-0.4, -0.2) is 46.3 Å². The first-order chi connectivity index (χ1) is 10.3. The summed E-state index contributed by atoms with van der Waals surface area (Å²) in [6, 6.07) is 4.32. The van der Waals surface area contributed by atoms with Crippen LogP contribution in [-0.2, 0) is 17.6 Å². The Labute approximate surface area is 129 Å². The van der Waals surface area contributed by atoms with E-state index in [2.05, 4.69) is 44.5 Å². The van der Waals surface area contributed by atoms with Crippen molar-refractivity contribution in [2.75, 3.05) is 26.2 Å². The van der Waals surface area contributed by atoms with E-state index in [9.17, 15) is 0 Å². The van der Waals surface area contributed by atoms with E-state index in [-0.39, 0.29) is 6.10 Å². The molecule has 2 aromatic heterocycles. The van der Waals surface area contributed by atoms with Crippen LogP contribution in [0.3, 0.4) is 0 Å². The van der Waals surface area contributed by atoms with Crippen molar-refractivity contribution in [3.63, 3.8) is 0 Å². The summed E-state index contributed by atoms with van der Waals surface area (Å²) in [6.07, 6.45) is 3.14. The molecule has 1 aliphatic heterocycles. The molecule has 1 fully saturated rings. The van der Waals surface area contributed by atoms with Gasteiger partial charge in [-0.1, -0.05) is 13.0 Å². The Balaban J connectivity index is 1.54. The van der Waals surface area contributed by atoms with Crippen molar-refractivity contribution in [2.45, 2.75) is 32.3 Å². The fourth-order valence-corrected chi connectivity index (χ4v) is 3.29. The molecular weight excluding hydrogens is 284 g/mol. The number of hydrogen-bond acceptors (Lipinski definition) is 5. The monoisotopic (exact) mass is 306 g/mol. The normalized spacial score (nSPS) is 20.0. The van der Waals surface area contributed by atoms with Gasteiger partial charge in [0.2, 0.25) is 0 Å². The topological polar surface area (TPSA) is 54.0 Å². The molecule has 2 aromatic rings. The smallest absolute Gasteiger partial charge is 0.180 e. The number of aromatic amines is 1. The number of hydrogen-bond donors (Lipinski definition) is 1. The zero-order valence-electron chi connectivity index (χ0n) is 12.4. The summed E-state index contributed by atoms with van der Waals surface area (Å²) in [5, 5.41) is 9.47. The van der Waals surface area contributed by atoms with Gasteiger partial charge in [0.05, 0.1) is 6.61 Å². The molecule has 0 bridgehead atoms. The van der Waals surface area contributed by atoms with Crippen molar-refractivity contribution < 1.29 is 4.74 Å². The molecule has 1 atom stereocenters. The largest absolute Gasteiger partial charge is 0.367 e. The van der Waals surface area contributed by atoms with E-state index < -0.39 is 0 Å². The molecule has 114 valence electrons. The average Bonchev–Trinajstić information content (AvgIpc) is 3.17. The maximum Gasteiger partial charge on any atom is 0.180 e. The van der Waals surface area contributed by atoms with E-state index in [4.69, 9.17) is 4.74 Å². The fraction of sp³-hybridized carbons (Fsp3) is 0.600. The zero-order chi connectivity index (χ0) is 14.5. The molecule has 21 heavy (non-hydrogen) atoms. The second kappa shape index (κ2) is 7.15. The number of ether oxygens (including phenoxy) is 1. The molecule has 3 rings (SSSR count). The SMILES string of the molecule is CCCc1nc([C@H]2CN(CCc3cccs3)CCO2)n[nH]1. The van der Waals surface area contributed by atoms with Crippen LogP contribution in [0, 0.1) is 0 Å². The Morgan fingerprint density at radius 3 is 3.24 bits per heavy atom. The minimum absolute atomic E-state index is 0.00365. The van der Waals surface area contributed by atoms with E-state index >= 15 is 0 Å². The lowest BCUT2D eigenvalue weighted by Crippen LogP contribution is -2.39. The fourth-order valence-electron chi connectivity index (χ4n) is 2.59. The lowest BCUT2D eigenvalue weighted by atomic mass is 10.2. The van der Waals surface area contributed by atoms with E-state index in [1.54, 1.807) is 0 Å². The number of aryl methyl sites for hydroxylation is 1. The average molecular weight is 306 g/mol. The molecule has 5 nitrogen and oxygen atoms in total. The number of morpholine rings is 1. The van der Waals surface area contributed by atoms with Gasteiger partial charge in [0.15, 0.2) is 5.82 Å². The van der Waals surface area contributed by atoms with Gasteiger partial charge < -0.3 is 4.74 Å². The van der Waals surface area contributed by atoms with Gasteiger partial charge in [0.25, 0.3) is 0 Å². The van der Waals surface area contributed by atoms with Crippen LogP contribution in [0.25, 0.3) is 0 Å². The van der Waals surface area contributed by atoms with Crippen LogP contribution in [0.15, 0.2) is 17.5 Å². The van der Waals surface area contributed by atoms with Gasteiger partial charge in [-0.05, 0) is 24.3 Å². The maximum absolute atomic E-state index is 5.84. The van der Waals surface area contributed by atoms with E-state index in [0.717, 1.165) is 57.2 Å². The predicted molar refractivity (Wildman–Crippen MR) is 83.5 cm³/mol. The molecule has 1 aliphatic rings. The van der Waals surface area contributed by atoms with Gasteiger partial charge in [-0.3, -0.25) is 10.00 Å². The second-order valence-electron chi connectivity index (χ2n) is 5.38. The molecule has 0 amide bonds. The molecule has 1 saturated heterocycles. The third-order valence-electron chi connectivity index (χ3n) is 3.73. The number of nitrogens with zero attached hydrogens (tertiary/aromatic N) is 3. The first-order valence-corrected chi connectivity index (χ1v) is 8.50. The summed E-state index contributed by atoms with van der Waals surface area (Å²) in [4.78, 5) is 8.45. The number of H-pyrrole nitrogens is 1. The number of thiophene rings is 1. The van der Waals surface area contributed by atoms with E-state index in [1.165, 1.54) is 4.88 Å². The lowest BCUT2D eigenvalue weighted by molar-refractivity contribution is -0.0337. The molecule has 0 unspecified atom stereocenters. The minimum atomic E-state index is 0.00365. The Hall–Kier alpha value is -1.24. The number of rotatable bonds is 6. The Morgan fingerprint density at radius 1 is 1.48 bits per heavy atom. The first kappa shape index (κ1) is 14.7. The number of nitrogens with one attached hydrogen (secondary N) is 1. The summed E-state index contributed by atoms with van der Waals surface area (Å²) in [5.41, 5.74) is 0. The molecule has 0 saturated carbocycles. The molecule has 0 aliphatic carbocycles. The maximum atomic E-state index is 5.84. The van der Waals surface area contributed by atoms with Crippen molar-refractivity contribution in [2.24, 2.45) is 0 Å². The highest BCUT2D eigenvalue weighted by molar-refractivity contribution is 7.09. The summed E-state index contributed by atoms with van der Waals surface area (Å²) in [6.45, 7) is 5.86. The van der Waals surface area contributed by atoms with Crippen LogP contribution in [0.2, 0.25) is 0 Å². The molecule has 0 spiro atoms. The van der Waals surface area contributed by atoms with Crippen LogP contribution in [0.1, 0.15) is 36.0 Å². The van der Waals surface area contributed by atoms with Crippen LogP contribution >= 0.6 is 11.3 Å². The molecule has 6 heteroatoms. The molecule has 3 heterocycles. The van der Waals surface area contributed by atoms with Crippen molar-refractivity contribution in [3.8, 4) is 0 Å². The van der Waals surface area contributed by atoms with Gasteiger partial charge in [-0.15, -0.1) is 11.3 Å². The molecular formula is C15H22N4OS. The third-order valence-corrected chi connectivity index (χ3v) is 4.67. The van der Waals surface area contributed by atoms with Crippen LogP contribution in [0.4, 0.5) is 0 Å². The summed E-state index contributed by atoms with van der Waals surface area (Å²) < 4.78 is 5.84.